The number of hydrogen-bond donors (Lipinski definition) is 2. The molecule has 3 aromatic carbocycles. The third-order valence-corrected chi connectivity index (χ3v) is 5.48. The summed E-state index contributed by atoms with van der Waals surface area (Å²) >= 11 is 0. The largest absolute Gasteiger partial charge is 0.495 e. The molecule has 0 radical (unpaired) electrons. The summed E-state index contributed by atoms with van der Waals surface area (Å²) in [6.07, 6.45) is 0. The number of carbonyl (C=O) groups is 2. The van der Waals surface area contributed by atoms with Crippen LogP contribution in [0.3, 0.4) is 0 Å². The lowest BCUT2D eigenvalue weighted by Crippen LogP contribution is -2.20. The van der Waals surface area contributed by atoms with Gasteiger partial charge in [0.05, 0.1) is 12.8 Å². The number of hydrogen-bond acceptors (Lipinski definition) is 4. The van der Waals surface area contributed by atoms with Gasteiger partial charge in [0.25, 0.3) is 11.8 Å². The van der Waals surface area contributed by atoms with E-state index in [-0.39, 0.29) is 30.3 Å². The summed E-state index contributed by atoms with van der Waals surface area (Å²) < 4.78 is 10.8. The lowest BCUT2D eigenvalue weighted by molar-refractivity contribution is -0.118. The van der Waals surface area contributed by atoms with Gasteiger partial charge in [0, 0.05) is 11.3 Å². The normalized spacial score (nSPS) is 10.8. The maximum atomic E-state index is 13.0. The van der Waals surface area contributed by atoms with Crippen molar-refractivity contribution >= 4 is 23.2 Å². The molecule has 0 saturated heterocycles. The topological polar surface area (TPSA) is 76.7 Å². The molecule has 178 valence electrons. The SMILES string of the molecule is COc1ccccc1NC(=O)COc1ccc(C(=O)Nc2c(C(C)C)cccc2C(C)C)cc1. The Morgan fingerprint density at radius 1 is 0.794 bits per heavy atom. The summed E-state index contributed by atoms with van der Waals surface area (Å²) in [4.78, 5) is 25.2. The summed E-state index contributed by atoms with van der Waals surface area (Å²) in [6.45, 7) is 8.30. The van der Waals surface area contributed by atoms with Crippen LogP contribution in [0.1, 0.15) is 61.0 Å². The predicted octanol–water partition coefficient (Wildman–Crippen LogP) is 6.21. The zero-order valence-corrected chi connectivity index (χ0v) is 20.3. The molecule has 0 aliphatic rings. The standard InChI is InChI=1S/C28H32N2O4/c1-18(2)22-9-8-10-23(19(3)4)27(22)30-28(32)20-13-15-21(16-14-20)34-17-26(31)29-24-11-6-7-12-25(24)33-5/h6-16,18-19H,17H2,1-5H3,(H,29,31)(H,30,32). The molecular formula is C28H32N2O4. The van der Waals surface area contributed by atoms with Crippen LogP contribution in [0, 0.1) is 0 Å². The molecule has 0 atom stereocenters. The Balaban J connectivity index is 1.64. The van der Waals surface area contributed by atoms with Crippen molar-refractivity contribution in [3.05, 3.63) is 83.4 Å². The summed E-state index contributed by atoms with van der Waals surface area (Å²) in [5.41, 5.74) is 4.19. The van der Waals surface area contributed by atoms with E-state index >= 15 is 0 Å². The number of ether oxygens (including phenoxy) is 2. The molecule has 2 N–H and O–H groups in total. The predicted molar refractivity (Wildman–Crippen MR) is 136 cm³/mol. The van der Waals surface area contributed by atoms with Gasteiger partial charge in [-0.2, -0.15) is 0 Å². The Morgan fingerprint density at radius 3 is 2.00 bits per heavy atom. The molecular weight excluding hydrogens is 428 g/mol. The summed E-state index contributed by atoms with van der Waals surface area (Å²) in [6, 6.07) is 20.1. The highest BCUT2D eigenvalue weighted by Gasteiger charge is 2.17. The van der Waals surface area contributed by atoms with E-state index in [4.69, 9.17) is 9.47 Å². The molecule has 2 amide bonds. The second kappa shape index (κ2) is 11.4. The van der Waals surface area contributed by atoms with Gasteiger partial charge in [-0.05, 0) is 59.4 Å². The summed E-state index contributed by atoms with van der Waals surface area (Å²) in [5, 5.41) is 5.87. The fourth-order valence-corrected chi connectivity index (χ4v) is 3.67. The van der Waals surface area contributed by atoms with Crippen molar-refractivity contribution in [1.29, 1.82) is 0 Å². The van der Waals surface area contributed by atoms with E-state index in [0.29, 0.717) is 22.7 Å². The van der Waals surface area contributed by atoms with Gasteiger partial charge in [-0.3, -0.25) is 9.59 Å². The molecule has 6 nitrogen and oxygen atoms in total. The van der Waals surface area contributed by atoms with Crippen molar-refractivity contribution in [2.45, 2.75) is 39.5 Å². The number of amides is 2. The van der Waals surface area contributed by atoms with Crippen LogP contribution in [0.2, 0.25) is 0 Å². The molecule has 0 heterocycles. The second-order valence-corrected chi connectivity index (χ2v) is 8.64. The monoisotopic (exact) mass is 460 g/mol. The van der Waals surface area contributed by atoms with Crippen LogP contribution < -0.4 is 20.1 Å². The van der Waals surface area contributed by atoms with E-state index in [0.717, 1.165) is 16.8 Å². The maximum absolute atomic E-state index is 13.0. The second-order valence-electron chi connectivity index (χ2n) is 8.64. The molecule has 3 aromatic rings. The first-order valence-electron chi connectivity index (χ1n) is 11.4. The number of para-hydroxylation sites is 3. The molecule has 0 spiro atoms. The van der Waals surface area contributed by atoms with Crippen LogP contribution in [-0.2, 0) is 4.79 Å². The van der Waals surface area contributed by atoms with Gasteiger partial charge in [-0.15, -0.1) is 0 Å². The number of carbonyl (C=O) groups excluding carboxylic acids is 2. The van der Waals surface area contributed by atoms with E-state index in [9.17, 15) is 9.59 Å². The van der Waals surface area contributed by atoms with Crippen LogP contribution in [0.5, 0.6) is 11.5 Å². The highest BCUT2D eigenvalue weighted by Crippen LogP contribution is 2.32. The van der Waals surface area contributed by atoms with Crippen LogP contribution in [0.15, 0.2) is 66.7 Å². The first-order chi connectivity index (χ1) is 16.3. The fraction of sp³-hybridized carbons (Fsp3) is 0.286. The molecule has 34 heavy (non-hydrogen) atoms. The number of benzene rings is 3. The van der Waals surface area contributed by atoms with E-state index in [1.807, 2.05) is 18.2 Å². The third kappa shape index (κ3) is 6.16. The van der Waals surface area contributed by atoms with Crippen molar-refractivity contribution < 1.29 is 19.1 Å². The zero-order chi connectivity index (χ0) is 24.7. The van der Waals surface area contributed by atoms with Crippen molar-refractivity contribution in [3.63, 3.8) is 0 Å². The molecule has 0 unspecified atom stereocenters. The number of methoxy groups -OCH3 is 1. The van der Waals surface area contributed by atoms with Crippen LogP contribution in [0.4, 0.5) is 11.4 Å². The third-order valence-electron chi connectivity index (χ3n) is 5.48. The van der Waals surface area contributed by atoms with Crippen molar-refractivity contribution in [1.82, 2.24) is 0 Å². The number of anilines is 2. The van der Waals surface area contributed by atoms with E-state index in [1.54, 1.807) is 43.5 Å². The highest BCUT2D eigenvalue weighted by atomic mass is 16.5. The van der Waals surface area contributed by atoms with Crippen molar-refractivity contribution in [3.8, 4) is 11.5 Å². The zero-order valence-electron chi connectivity index (χ0n) is 20.3. The minimum absolute atomic E-state index is 0.164. The van der Waals surface area contributed by atoms with Gasteiger partial charge in [0.2, 0.25) is 0 Å². The van der Waals surface area contributed by atoms with Gasteiger partial charge >= 0.3 is 0 Å². The van der Waals surface area contributed by atoms with E-state index in [2.05, 4.69) is 50.5 Å². The summed E-state index contributed by atoms with van der Waals surface area (Å²) in [7, 11) is 1.55. The summed E-state index contributed by atoms with van der Waals surface area (Å²) in [5.74, 6) is 1.15. The fourth-order valence-electron chi connectivity index (χ4n) is 3.67. The van der Waals surface area contributed by atoms with Crippen LogP contribution >= 0.6 is 0 Å². The van der Waals surface area contributed by atoms with Crippen LogP contribution in [0.25, 0.3) is 0 Å². The molecule has 0 aromatic heterocycles. The van der Waals surface area contributed by atoms with Gasteiger partial charge in [-0.1, -0.05) is 58.0 Å². The number of nitrogens with one attached hydrogen (secondary N) is 2. The minimum atomic E-state index is -0.308. The Morgan fingerprint density at radius 2 is 1.41 bits per heavy atom. The molecule has 0 aliphatic heterocycles. The average molecular weight is 461 g/mol. The van der Waals surface area contributed by atoms with Gasteiger partial charge in [0.15, 0.2) is 6.61 Å². The smallest absolute Gasteiger partial charge is 0.262 e. The van der Waals surface area contributed by atoms with Crippen LogP contribution in [-0.4, -0.2) is 25.5 Å². The maximum Gasteiger partial charge on any atom is 0.262 e. The first kappa shape index (κ1) is 24.8. The Labute approximate surface area is 201 Å². The van der Waals surface area contributed by atoms with Crippen molar-refractivity contribution in [2.75, 3.05) is 24.4 Å². The van der Waals surface area contributed by atoms with Crippen molar-refractivity contribution in [2.24, 2.45) is 0 Å². The lowest BCUT2D eigenvalue weighted by Gasteiger charge is -2.20. The molecule has 6 heteroatoms. The van der Waals surface area contributed by atoms with E-state index < -0.39 is 0 Å². The van der Waals surface area contributed by atoms with E-state index in [1.165, 1.54) is 0 Å². The number of rotatable bonds is 9. The average Bonchev–Trinajstić information content (AvgIpc) is 2.83. The molecule has 0 aliphatic carbocycles. The molecule has 3 rings (SSSR count). The minimum Gasteiger partial charge on any atom is -0.495 e. The Hall–Kier alpha value is -3.80. The van der Waals surface area contributed by atoms with Gasteiger partial charge in [-0.25, -0.2) is 0 Å². The molecule has 0 saturated carbocycles. The molecule has 0 fully saturated rings. The van der Waals surface area contributed by atoms with Gasteiger partial charge in [0.1, 0.15) is 11.5 Å². The Kier molecular flexibility index (Phi) is 8.30. The molecule has 0 bridgehead atoms. The quantitative estimate of drug-likeness (QED) is 0.398. The highest BCUT2D eigenvalue weighted by molar-refractivity contribution is 6.05. The Bertz CT molecular complexity index is 1110. The lowest BCUT2D eigenvalue weighted by atomic mass is 9.92. The van der Waals surface area contributed by atoms with Gasteiger partial charge < -0.3 is 20.1 Å². The first-order valence-corrected chi connectivity index (χ1v) is 11.4.